The van der Waals surface area contributed by atoms with Crippen LogP contribution in [0, 0.1) is 0 Å². The maximum Gasteiger partial charge on any atom is 0.416 e. The number of Topliss-reactive ketones (excluding diaryl/α,β-unsaturated/α-hetero) is 1. The summed E-state index contributed by atoms with van der Waals surface area (Å²) < 4.78 is 71.5. The fraction of sp³-hybridized carbons (Fsp3) is 0.208. The minimum absolute atomic E-state index is 0.0594. The van der Waals surface area contributed by atoms with E-state index in [0.717, 1.165) is 33.3 Å². The lowest BCUT2D eigenvalue weighted by Crippen LogP contribution is -2.40. The molecule has 2 heterocycles. The van der Waals surface area contributed by atoms with Gasteiger partial charge in [0.15, 0.2) is 5.78 Å². The standard InChI is InChI=1S/C24H19ClF3NO4S2/c25-22-12-13-23(34-22)35(31,32)29-14-2-5-20(29)21(30)11-8-16-6-9-18(10-7-16)33-19-4-1-3-17(15-19)24(26,27)28/h1-7,9-10,12-13,15,20H,8,11,14H2/t20-/m0/s1. The van der Waals surface area contributed by atoms with E-state index in [9.17, 15) is 26.4 Å². The molecule has 0 radical (unpaired) electrons. The van der Waals surface area contributed by atoms with E-state index >= 15 is 0 Å². The lowest BCUT2D eigenvalue weighted by Gasteiger charge is -2.22. The fourth-order valence-electron chi connectivity index (χ4n) is 3.58. The lowest BCUT2D eigenvalue weighted by molar-refractivity contribution is -0.137. The number of ketones is 1. The van der Waals surface area contributed by atoms with Crippen LogP contribution >= 0.6 is 22.9 Å². The third-order valence-corrected chi connectivity index (χ3v) is 8.88. The normalized spacial score (nSPS) is 16.5. The molecule has 3 aromatic rings. The number of sulfonamides is 1. The summed E-state index contributed by atoms with van der Waals surface area (Å²) in [4.78, 5) is 12.8. The Kier molecular flexibility index (Phi) is 7.37. The summed E-state index contributed by atoms with van der Waals surface area (Å²) in [5.74, 6) is 0.170. The van der Waals surface area contributed by atoms with E-state index in [2.05, 4.69) is 0 Å². The number of benzene rings is 2. The van der Waals surface area contributed by atoms with Crippen LogP contribution in [0.15, 0.2) is 77.0 Å². The molecule has 0 fully saturated rings. The van der Waals surface area contributed by atoms with Gasteiger partial charge < -0.3 is 4.74 Å². The summed E-state index contributed by atoms with van der Waals surface area (Å²) in [5.41, 5.74) is 0.000457. The summed E-state index contributed by atoms with van der Waals surface area (Å²) in [7, 11) is -3.85. The van der Waals surface area contributed by atoms with Gasteiger partial charge in [-0.1, -0.05) is 42.0 Å². The molecule has 0 aliphatic carbocycles. The molecule has 1 atom stereocenters. The average molecular weight is 542 g/mol. The van der Waals surface area contributed by atoms with Crippen LogP contribution in [-0.4, -0.2) is 31.1 Å². The number of carbonyl (C=O) groups is 1. The van der Waals surface area contributed by atoms with Gasteiger partial charge in [-0.3, -0.25) is 4.79 Å². The van der Waals surface area contributed by atoms with Crippen molar-refractivity contribution in [2.45, 2.75) is 29.3 Å². The zero-order chi connectivity index (χ0) is 25.2. The Morgan fingerprint density at radius 1 is 1.09 bits per heavy atom. The van der Waals surface area contributed by atoms with Crippen molar-refractivity contribution in [1.82, 2.24) is 4.31 Å². The predicted molar refractivity (Wildman–Crippen MR) is 127 cm³/mol. The SMILES string of the molecule is O=C(CCc1ccc(Oc2cccc(C(F)(F)F)c2)cc1)[C@@H]1C=CCN1S(=O)(=O)c1ccc(Cl)s1. The van der Waals surface area contributed by atoms with E-state index in [1.807, 2.05) is 0 Å². The van der Waals surface area contributed by atoms with Crippen LogP contribution in [0.25, 0.3) is 0 Å². The van der Waals surface area contributed by atoms with E-state index in [-0.39, 0.29) is 28.7 Å². The Labute approximate surface area is 209 Å². The summed E-state index contributed by atoms with van der Waals surface area (Å²) in [6, 6.07) is 13.3. The molecule has 0 saturated heterocycles. The first-order valence-electron chi connectivity index (χ1n) is 10.4. The summed E-state index contributed by atoms with van der Waals surface area (Å²) >= 11 is 6.81. The lowest BCUT2D eigenvalue weighted by atomic mass is 10.0. The predicted octanol–water partition coefficient (Wildman–Crippen LogP) is 6.34. The number of hydrogen-bond acceptors (Lipinski definition) is 5. The molecule has 35 heavy (non-hydrogen) atoms. The van der Waals surface area contributed by atoms with E-state index in [1.165, 1.54) is 24.3 Å². The van der Waals surface area contributed by atoms with Crippen LogP contribution in [0.5, 0.6) is 11.5 Å². The highest BCUT2D eigenvalue weighted by Crippen LogP contribution is 2.33. The van der Waals surface area contributed by atoms with E-state index in [0.29, 0.717) is 16.5 Å². The van der Waals surface area contributed by atoms with Crippen LogP contribution in [-0.2, 0) is 27.4 Å². The number of carbonyl (C=O) groups excluding carboxylic acids is 1. The summed E-state index contributed by atoms with van der Waals surface area (Å²) in [5, 5.41) is 0. The third kappa shape index (κ3) is 5.95. The number of nitrogens with zero attached hydrogens (tertiary/aromatic N) is 1. The number of alkyl halides is 3. The van der Waals surface area contributed by atoms with Crippen LogP contribution in [0.1, 0.15) is 17.5 Å². The molecule has 0 bridgehead atoms. The highest BCUT2D eigenvalue weighted by atomic mass is 35.5. The molecule has 0 saturated carbocycles. The molecular weight excluding hydrogens is 523 g/mol. The Morgan fingerprint density at radius 2 is 1.83 bits per heavy atom. The maximum absolute atomic E-state index is 12.9. The summed E-state index contributed by atoms with van der Waals surface area (Å²) in [6.07, 6.45) is -0.752. The first kappa shape index (κ1) is 25.4. The van der Waals surface area contributed by atoms with E-state index in [4.69, 9.17) is 16.3 Å². The number of aryl methyl sites for hydroxylation is 1. The topological polar surface area (TPSA) is 63.7 Å². The van der Waals surface area contributed by atoms with E-state index in [1.54, 1.807) is 36.4 Å². The van der Waals surface area contributed by atoms with Gasteiger partial charge in [0.25, 0.3) is 10.0 Å². The van der Waals surface area contributed by atoms with Crippen LogP contribution in [0.4, 0.5) is 13.2 Å². The fourth-order valence-corrected chi connectivity index (χ4v) is 6.71. The van der Waals surface area contributed by atoms with Crippen molar-refractivity contribution in [3.8, 4) is 11.5 Å². The van der Waals surface area contributed by atoms with Crippen molar-refractivity contribution in [3.05, 3.63) is 88.3 Å². The first-order chi connectivity index (χ1) is 16.5. The Bertz CT molecular complexity index is 1350. The molecule has 0 spiro atoms. The van der Waals surface area contributed by atoms with Crippen LogP contribution in [0.2, 0.25) is 4.34 Å². The molecular formula is C24H19ClF3NO4S2. The van der Waals surface area contributed by atoms with Gasteiger partial charge in [-0.25, -0.2) is 8.42 Å². The van der Waals surface area contributed by atoms with Gasteiger partial charge in [-0.15, -0.1) is 11.3 Å². The van der Waals surface area contributed by atoms with Gasteiger partial charge in [0.1, 0.15) is 21.8 Å². The molecule has 1 aliphatic heterocycles. The second-order valence-corrected chi connectivity index (χ2v) is 11.6. The number of thiophene rings is 1. The smallest absolute Gasteiger partial charge is 0.416 e. The van der Waals surface area contributed by atoms with E-state index < -0.39 is 27.8 Å². The molecule has 1 aliphatic rings. The molecule has 184 valence electrons. The molecule has 0 amide bonds. The average Bonchev–Trinajstić information content (AvgIpc) is 3.48. The largest absolute Gasteiger partial charge is 0.457 e. The number of halogens is 4. The first-order valence-corrected chi connectivity index (χ1v) is 13.1. The van der Waals surface area contributed by atoms with Gasteiger partial charge in [0, 0.05) is 13.0 Å². The molecule has 11 heteroatoms. The molecule has 5 nitrogen and oxygen atoms in total. The minimum atomic E-state index is -4.46. The second kappa shape index (κ2) is 10.1. The van der Waals surface area contributed by atoms with Gasteiger partial charge >= 0.3 is 6.18 Å². The summed E-state index contributed by atoms with van der Waals surface area (Å²) in [6.45, 7) is 0.107. The number of hydrogen-bond donors (Lipinski definition) is 0. The number of rotatable bonds is 8. The Balaban J connectivity index is 1.37. The second-order valence-electron chi connectivity index (χ2n) is 7.74. The van der Waals surface area contributed by atoms with Crippen molar-refractivity contribution >= 4 is 38.7 Å². The maximum atomic E-state index is 12.9. The van der Waals surface area contributed by atoms with Crippen molar-refractivity contribution < 1.29 is 31.1 Å². The highest BCUT2D eigenvalue weighted by molar-refractivity contribution is 7.91. The molecule has 1 aromatic heterocycles. The third-order valence-electron chi connectivity index (χ3n) is 5.34. The Morgan fingerprint density at radius 3 is 2.49 bits per heavy atom. The monoisotopic (exact) mass is 541 g/mol. The quantitative estimate of drug-likeness (QED) is 0.312. The molecule has 0 N–H and O–H groups in total. The van der Waals surface area contributed by atoms with Crippen molar-refractivity contribution in [3.63, 3.8) is 0 Å². The zero-order valence-corrected chi connectivity index (χ0v) is 20.4. The van der Waals surface area contributed by atoms with Gasteiger partial charge in [0.2, 0.25) is 0 Å². The van der Waals surface area contributed by atoms with Crippen molar-refractivity contribution in [1.29, 1.82) is 0 Å². The van der Waals surface area contributed by atoms with Gasteiger partial charge in [0.05, 0.1) is 9.90 Å². The van der Waals surface area contributed by atoms with Crippen molar-refractivity contribution in [2.75, 3.05) is 6.54 Å². The van der Waals surface area contributed by atoms with Crippen molar-refractivity contribution in [2.24, 2.45) is 0 Å². The van der Waals surface area contributed by atoms with Crippen LogP contribution in [0.3, 0.4) is 0 Å². The van der Waals surface area contributed by atoms with Crippen LogP contribution < -0.4 is 4.74 Å². The number of ether oxygens (including phenoxy) is 1. The van der Waals surface area contributed by atoms with Gasteiger partial charge in [-0.2, -0.15) is 17.5 Å². The Hall–Kier alpha value is -2.66. The zero-order valence-electron chi connectivity index (χ0n) is 18.0. The highest BCUT2D eigenvalue weighted by Gasteiger charge is 2.37. The van der Waals surface area contributed by atoms with Gasteiger partial charge in [-0.05, 0) is 54.4 Å². The minimum Gasteiger partial charge on any atom is -0.457 e. The molecule has 2 aromatic carbocycles. The molecule has 0 unspecified atom stereocenters. The molecule has 4 rings (SSSR count).